The van der Waals surface area contributed by atoms with E-state index in [4.69, 9.17) is 0 Å². The van der Waals surface area contributed by atoms with Gasteiger partial charge in [0.05, 0.1) is 11.7 Å². The molecule has 6 heteroatoms. The van der Waals surface area contributed by atoms with Crippen molar-refractivity contribution in [2.45, 2.75) is 0 Å². The van der Waals surface area contributed by atoms with Crippen molar-refractivity contribution < 1.29 is 4.79 Å². The average molecular weight is 268 g/mol. The molecule has 0 amide bonds. The largest absolute Gasteiger partial charge is 0.296 e. The van der Waals surface area contributed by atoms with Crippen LogP contribution in [0.25, 0.3) is 21.7 Å². The van der Waals surface area contributed by atoms with Gasteiger partial charge in [-0.15, -0.1) is 11.3 Å². The molecule has 0 aliphatic carbocycles. The molecule has 0 fully saturated rings. The first-order valence-electron chi connectivity index (χ1n) is 5.72. The number of thiazole rings is 1. The lowest BCUT2D eigenvalue weighted by atomic mass is 10.2. The maximum absolute atomic E-state index is 11.3. The number of fused-ring (bicyclic) bond motifs is 2. The molecule has 5 nitrogen and oxygen atoms in total. The van der Waals surface area contributed by atoms with Crippen molar-refractivity contribution in [2.75, 3.05) is 0 Å². The maximum atomic E-state index is 11.3. The summed E-state index contributed by atoms with van der Waals surface area (Å²) >= 11 is 1.49. The fourth-order valence-electron chi connectivity index (χ4n) is 2.20. The van der Waals surface area contributed by atoms with Gasteiger partial charge in [-0.1, -0.05) is 18.2 Å². The zero-order valence-corrected chi connectivity index (χ0v) is 10.5. The van der Waals surface area contributed by atoms with Gasteiger partial charge in [0, 0.05) is 17.0 Å². The summed E-state index contributed by atoms with van der Waals surface area (Å²) in [4.78, 5) is 16.6. The molecule has 4 aromatic rings. The summed E-state index contributed by atoms with van der Waals surface area (Å²) in [7, 11) is 0. The van der Waals surface area contributed by atoms with Gasteiger partial charge < -0.3 is 0 Å². The summed E-state index contributed by atoms with van der Waals surface area (Å²) in [6, 6.07) is 7.85. The highest BCUT2D eigenvalue weighted by atomic mass is 32.1. The third-order valence-electron chi connectivity index (χ3n) is 3.07. The van der Waals surface area contributed by atoms with Crippen molar-refractivity contribution in [3.63, 3.8) is 0 Å². The molecule has 0 radical (unpaired) electrons. The summed E-state index contributed by atoms with van der Waals surface area (Å²) in [5, 5.41) is 7.26. The van der Waals surface area contributed by atoms with Crippen molar-refractivity contribution in [2.24, 2.45) is 0 Å². The van der Waals surface area contributed by atoms with Gasteiger partial charge >= 0.3 is 0 Å². The highest BCUT2D eigenvalue weighted by Crippen LogP contribution is 2.22. The van der Waals surface area contributed by atoms with E-state index >= 15 is 0 Å². The van der Waals surface area contributed by atoms with E-state index in [-0.39, 0.29) is 0 Å². The molecule has 3 heterocycles. The number of hydrogen-bond acceptors (Lipinski definition) is 4. The lowest BCUT2D eigenvalue weighted by molar-refractivity contribution is 0.111. The molecule has 92 valence electrons. The Morgan fingerprint density at radius 2 is 2.16 bits per heavy atom. The Morgan fingerprint density at radius 1 is 1.26 bits per heavy atom. The zero-order valence-electron chi connectivity index (χ0n) is 9.72. The molecule has 0 spiro atoms. The molecule has 0 N–H and O–H groups in total. The molecule has 0 unspecified atom stereocenters. The molecule has 0 atom stereocenters. The Morgan fingerprint density at radius 3 is 3.05 bits per heavy atom. The summed E-state index contributed by atoms with van der Waals surface area (Å²) in [5.74, 6) is 0.572. The van der Waals surface area contributed by atoms with Crippen molar-refractivity contribution in [1.29, 1.82) is 0 Å². The van der Waals surface area contributed by atoms with Crippen LogP contribution in [0.2, 0.25) is 0 Å². The molecular formula is C13H8N4OS. The van der Waals surface area contributed by atoms with Crippen LogP contribution in [0.5, 0.6) is 0 Å². The van der Waals surface area contributed by atoms with Crippen molar-refractivity contribution >= 4 is 33.5 Å². The van der Waals surface area contributed by atoms with Gasteiger partial charge in [0.25, 0.3) is 0 Å². The third-order valence-corrected chi connectivity index (χ3v) is 3.83. The van der Waals surface area contributed by atoms with Crippen LogP contribution in [-0.2, 0) is 0 Å². The Labute approximate surface area is 111 Å². The van der Waals surface area contributed by atoms with Gasteiger partial charge in [-0.3, -0.25) is 9.20 Å². The first-order chi connectivity index (χ1) is 9.38. The highest BCUT2D eigenvalue weighted by Gasteiger charge is 2.16. The number of para-hydroxylation sites is 1. The van der Waals surface area contributed by atoms with Crippen LogP contribution in [0.3, 0.4) is 0 Å². The van der Waals surface area contributed by atoms with Gasteiger partial charge in [0.2, 0.25) is 0 Å². The number of aromatic nitrogens is 4. The predicted molar refractivity (Wildman–Crippen MR) is 73.1 cm³/mol. The normalized spacial score (nSPS) is 11.4. The second kappa shape index (κ2) is 3.76. The number of carbonyl (C=O) groups excluding carboxylic acids is 1. The fourth-order valence-corrected chi connectivity index (χ4v) is 2.91. The quantitative estimate of drug-likeness (QED) is 0.525. The number of hydrogen-bond donors (Lipinski definition) is 0. The fraction of sp³-hybridized carbons (Fsp3) is 0. The molecular weight excluding hydrogens is 260 g/mol. The van der Waals surface area contributed by atoms with Crippen LogP contribution in [-0.4, -0.2) is 25.5 Å². The van der Waals surface area contributed by atoms with Gasteiger partial charge in [-0.2, -0.15) is 10.1 Å². The van der Waals surface area contributed by atoms with Gasteiger partial charge in [0.15, 0.2) is 17.1 Å². The Bertz CT molecular complexity index is 902. The lowest BCUT2D eigenvalue weighted by Crippen LogP contribution is -2.01. The van der Waals surface area contributed by atoms with E-state index < -0.39 is 0 Å². The number of aldehydes is 1. The van der Waals surface area contributed by atoms with E-state index in [9.17, 15) is 4.79 Å². The van der Waals surface area contributed by atoms with E-state index in [1.165, 1.54) is 11.3 Å². The monoisotopic (exact) mass is 268 g/mol. The van der Waals surface area contributed by atoms with Crippen LogP contribution in [0, 0.1) is 0 Å². The first-order valence-corrected chi connectivity index (χ1v) is 6.60. The van der Waals surface area contributed by atoms with Crippen LogP contribution in [0.15, 0.2) is 42.0 Å². The lowest BCUT2D eigenvalue weighted by Gasteiger charge is -1.99. The Kier molecular flexibility index (Phi) is 2.07. The minimum atomic E-state index is 0.519. The van der Waals surface area contributed by atoms with Crippen LogP contribution >= 0.6 is 11.3 Å². The number of benzene rings is 1. The molecule has 0 saturated carbocycles. The number of imidazole rings is 1. The standard InChI is InChI=1S/C13H8N4OS/c18-8-11-12(15-13-16(11)5-6-19-13)17-10-4-2-1-3-9(10)7-14-17/h1-8H. The Balaban J connectivity index is 2.08. The molecule has 0 bridgehead atoms. The third kappa shape index (κ3) is 1.37. The second-order valence-electron chi connectivity index (χ2n) is 4.11. The van der Waals surface area contributed by atoms with E-state index in [1.54, 1.807) is 15.3 Å². The molecule has 1 aromatic carbocycles. The smallest absolute Gasteiger partial charge is 0.196 e. The number of nitrogens with zero attached hydrogens (tertiary/aromatic N) is 4. The summed E-state index contributed by atoms with van der Waals surface area (Å²) in [6.07, 6.45) is 4.43. The van der Waals surface area contributed by atoms with E-state index in [0.29, 0.717) is 11.5 Å². The Hall–Kier alpha value is -2.47. The van der Waals surface area contributed by atoms with Gasteiger partial charge in [-0.05, 0) is 6.07 Å². The van der Waals surface area contributed by atoms with E-state index in [1.807, 2.05) is 35.8 Å². The number of rotatable bonds is 2. The number of carbonyl (C=O) groups is 1. The van der Waals surface area contributed by atoms with Crippen LogP contribution < -0.4 is 0 Å². The molecule has 0 aliphatic heterocycles. The van der Waals surface area contributed by atoms with E-state index in [0.717, 1.165) is 22.1 Å². The molecule has 3 aromatic heterocycles. The first kappa shape index (κ1) is 10.5. The molecule has 4 rings (SSSR count). The van der Waals surface area contributed by atoms with Crippen molar-refractivity contribution in [1.82, 2.24) is 19.2 Å². The molecule has 0 aliphatic rings. The summed E-state index contributed by atoms with van der Waals surface area (Å²) < 4.78 is 3.49. The van der Waals surface area contributed by atoms with Crippen molar-refractivity contribution in [3.8, 4) is 5.82 Å². The second-order valence-corrected chi connectivity index (χ2v) is 4.98. The molecule has 19 heavy (non-hydrogen) atoms. The van der Waals surface area contributed by atoms with Crippen LogP contribution in [0.1, 0.15) is 10.5 Å². The predicted octanol–water partition coefficient (Wildman–Crippen LogP) is 2.55. The minimum Gasteiger partial charge on any atom is -0.296 e. The average Bonchev–Trinajstić information content (AvgIpc) is 3.11. The SMILES string of the molecule is O=Cc1c(-n2ncc3ccccc32)nc2sccn12. The topological polar surface area (TPSA) is 52.2 Å². The van der Waals surface area contributed by atoms with Gasteiger partial charge in [-0.25, -0.2) is 4.68 Å². The molecule has 0 saturated heterocycles. The van der Waals surface area contributed by atoms with Crippen molar-refractivity contribution in [3.05, 3.63) is 47.7 Å². The summed E-state index contributed by atoms with van der Waals surface area (Å²) in [5.41, 5.74) is 1.46. The van der Waals surface area contributed by atoms with Crippen LogP contribution in [0.4, 0.5) is 0 Å². The summed E-state index contributed by atoms with van der Waals surface area (Å²) in [6.45, 7) is 0. The van der Waals surface area contributed by atoms with E-state index in [2.05, 4.69) is 10.1 Å². The van der Waals surface area contributed by atoms with Gasteiger partial charge in [0.1, 0.15) is 5.69 Å². The highest BCUT2D eigenvalue weighted by molar-refractivity contribution is 7.15. The minimum absolute atomic E-state index is 0.519. The zero-order chi connectivity index (χ0) is 12.8. The maximum Gasteiger partial charge on any atom is 0.196 e.